The lowest BCUT2D eigenvalue weighted by Gasteiger charge is -2.25. The van der Waals surface area contributed by atoms with Gasteiger partial charge in [0.25, 0.3) is 0 Å². The van der Waals surface area contributed by atoms with Crippen LogP contribution in [0.5, 0.6) is 0 Å². The number of ether oxygens (including phenoxy) is 6. The maximum Gasteiger partial charge on any atom is 0.356 e. The molecule has 3 rings (SSSR count). The Hall–Kier alpha value is -3.04. The number of aliphatic hydroxyl groups excluding tert-OH is 1. The predicted molar refractivity (Wildman–Crippen MR) is 151 cm³/mol. The molecule has 0 bridgehead atoms. The van der Waals surface area contributed by atoms with Gasteiger partial charge in [0, 0.05) is 39.3 Å². The first-order valence-electron chi connectivity index (χ1n) is 14.0. The van der Waals surface area contributed by atoms with Gasteiger partial charge in [-0.2, -0.15) is 0 Å². The van der Waals surface area contributed by atoms with Gasteiger partial charge in [-0.05, 0) is 24.3 Å². The van der Waals surface area contributed by atoms with Crippen LogP contribution in [0.3, 0.4) is 0 Å². The van der Waals surface area contributed by atoms with Crippen LogP contribution in [0.1, 0.15) is 32.4 Å². The highest BCUT2D eigenvalue weighted by Crippen LogP contribution is 2.08. The van der Waals surface area contributed by atoms with Gasteiger partial charge in [-0.15, -0.1) is 0 Å². The highest BCUT2D eigenvalue weighted by Gasteiger charge is 2.15. The molecule has 42 heavy (non-hydrogen) atoms. The molecule has 0 amide bonds. The zero-order chi connectivity index (χ0) is 30.0. The molecule has 0 spiro atoms. The molecular formula is C29H42N4O9. The number of aliphatic hydroxyl groups is 1. The number of esters is 2. The minimum Gasteiger partial charge on any atom is -0.464 e. The van der Waals surface area contributed by atoms with E-state index in [9.17, 15) is 14.7 Å². The molecule has 13 nitrogen and oxygen atoms in total. The Bertz CT molecular complexity index is 1090. The minimum absolute atomic E-state index is 0.173. The molecule has 1 fully saturated rings. The number of pyridine rings is 2. The average molecular weight is 591 g/mol. The van der Waals surface area contributed by atoms with Crippen LogP contribution in [0.2, 0.25) is 0 Å². The number of methoxy groups -OCH3 is 2. The van der Waals surface area contributed by atoms with E-state index >= 15 is 0 Å². The Labute approximate surface area is 246 Å². The van der Waals surface area contributed by atoms with Crippen LogP contribution in [-0.2, 0) is 41.5 Å². The molecular weight excluding hydrogens is 548 g/mol. The van der Waals surface area contributed by atoms with E-state index in [1.165, 1.54) is 14.2 Å². The Morgan fingerprint density at radius 2 is 1.24 bits per heavy atom. The molecule has 2 aromatic heterocycles. The van der Waals surface area contributed by atoms with Crippen molar-refractivity contribution in [1.82, 2.24) is 19.8 Å². The van der Waals surface area contributed by atoms with Gasteiger partial charge in [0.15, 0.2) is 0 Å². The normalized spacial score (nSPS) is 19.4. The molecule has 0 aliphatic carbocycles. The van der Waals surface area contributed by atoms with Crippen LogP contribution in [-0.4, -0.2) is 136 Å². The third kappa shape index (κ3) is 12.1. The van der Waals surface area contributed by atoms with Crippen LogP contribution in [0, 0.1) is 0 Å². The first kappa shape index (κ1) is 33.5. The van der Waals surface area contributed by atoms with Gasteiger partial charge < -0.3 is 33.5 Å². The Kier molecular flexibility index (Phi) is 15.3. The van der Waals surface area contributed by atoms with Crippen LogP contribution in [0.15, 0.2) is 36.4 Å². The zero-order valence-electron chi connectivity index (χ0n) is 24.4. The average Bonchev–Trinajstić information content (AvgIpc) is 3.02. The van der Waals surface area contributed by atoms with E-state index in [2.05, 4.69) is 19.8 Å². The molecule has 0 radical (unpaired) electrons. The van der Waals surface area contributed by atoms with Crippen LogP contribution in [0.25, 0.3) is 0 Å². The van der Waals surface area contributed by atoms with E-state index in [0.717, 1.165) is 11.4 Å². The Morgan fingerprint density at radius 1 is 0.762 bits per heavy atom. The van der Waals surface area contributed by atoms with Crippen molar-refractivity contribution in [3.8, 4) is 0 Å². The second-order valence-corrected chi connectivity index (χ2v) is 9.54. The number of carbonyl (C=O) groups excluding carboxylic acids is 2. The lowest BCUT2D eigenvalue weighted by Crippen LogP contribution is -2.35. The summed E-state index contributed by atoms with van der Waals surface area (Å²) in [4.78, 5) is 36.8. The quantitative estimate of drug-likeness (QED) is 0.455. The topological polar surface area (TPSA) is 142 Å². The number of carbonyl (C=O) groups is 2. The highest BCUT2D eigenvalue weighted by atomic mass is 16.5. The fraction of sp³-hybridized carbons (Fsp3) is 0.586. The van der Waals surface area contributed by atoms with Crippen molar-refractivity contribution >= 4 is 11.9 Å². The van der Waals surface area contributed by atoms with Gasteiger partial charge >= 0.3 is 11.9 Å². The summed E-state index contributed by atoms with van der Waals surface area (Å²) in [6, 6.07) is 10.5. The minimum atomic E-state index is -0.485. The molecule has 1 atom stereocenters. The number of aromatic nitrogens is 2. The van der Waals surface area contributed by atoms with Crippen molar-refractivity contribution in [2.45, 2.75) is 19.2 Å². The van der Waals surface area contributed by atoms with Crippen molar-refractivity contribution in [2.75, 3.05) is 93.3 Å². The third-order valence-electron chi connectivity index (χ3n) is 6.47. The van der Waals surface area contributed by atoms with Gasteiger partial charge in [-0.1, -0.05) is 12.1 Å². The first-order chi connectivity index (χ1) is 20.5. The van der Waals surface area contributed by atoms with E-state index in [4.69, 9.17) is 28.4 Å². The van der Waals surface area contributed by atoms with Crippen LogP contribution < -0.4 is 0 Å². The first-order valence-corrected chi connectivity index (χ1v) is 14.0. The Morgan fingerprint density at radius 3 is 1.71 bits per heavy atom. The SMILES string of the molecule is COC(=O)c1cccc(CN2CCOCCOCCN(Cc3cccc(C(=O)OC)n3)CCO[C@H](CO)COCC2)n1. The summed E-state index contributed by atoms with van der Waals surface area (Å²) in [5.74, 6) is -0.965. The zero-order valence-corrected chi connectivity index (χ0v) is 24.4. The second-order valence-electron chi connectivity index (χ2n) is 9.54. The predicted octanol–water partition coefficient (Wildman–Crippen LogP) is 0.795. The highest BCUT2D eigenvalue weighted by molar-refractivity contribution is 5.87. The lowest BCUT2D eigenvalue weighted by atomic mass is 10.2. The van der Waals surface area contributed by atoms with Crippen LogP contribution >= 0.6 is 0 Å². The molecule has 0 saturated carbocycles. The maximum atomic E-state index is 11.9. The largest absolute Gasteiger partial charge is 0.464 e. The van der Waals surface area contributed by atoms with Crippen molar-refractivity contribution < 1.29 is 43.1 Å². The van der Waals surface area contributed by atoms with Gasteiger partial charge in [-0.3, -0.25) is 9.80 Å². The smallest absolute Gasteiger partial charge is 0.356 e. The van der Waals surface area contributed by atoms with E-state index in [1.807, 2.05) is 12.1 Å². The van der Waals surface area contributed by atoms with Gasteiger partial charge in [0.05, 0.1) is 78.5 Å². The summed E-state index contributed by atoms with van der Waals surface area (Å²) in [7, 11) is 2.65. The summed E-state index contributed by atoms with van der Waals surface area (Å²) in [6.45, 7) is 6.06. The summed E-state index contributed by atoms with van der Waals surface area (Å²) in [5.41, 5.74) is 1.97. The van der Waals surface area contributed by atoms with Crippen molar-refractivity contribution in [3.63, 3.8) is 0 Å². The second kappa shape index (κ2) is 19.2. The van der Waals surface area contributed by atoms with Crippen LogP contribution in [0.4, 0.5) is 0 Å². The van der Waals surface area contributed by atoms with E-state index in [-0.39, 0.29) is 24.6 Å². The summed E-state index contributed by atoms with van der Waals surface area (Å²) < 4.78 is 32.9. The summed E-state index contributed by atoms with van der Waals surface area (Å²) >= 11 is 0. The summed E-state index contributed by atoms with van der Waals surface area (Å²) in [5, 5.41) is 9.83. The van der Waals surface area contributed by atoms with E-state index in [0.29, 0.717) is 78.9 Å². The molecule has 1 saturated heterocycles. The molecule has 232 valence electrons. The maximum absolute atomic E-state index is 11.9. The molecule has 1 N–H and O–H groups in total. The van der Waals surface area contributed by atoms with Crippen molar-refractivity contribution in [3.05, 3.63) is 59.2 Å². The molecule has 1 aliphatic rings. The van der Waals surface area contributed by atoms with Crippen molar-refractivity contribution in [1.29, 1.82) is 0 Å². The monoisotopic (exact) mass is 590 g/mol. The van der Waals surface area contributed by atoms with E-state index < -0.39 is 18.0 Å². The fourth-order valence-electron chi connectivity index (χ4n) is 4.19. The number of hydrogen-bond acceptors (Lipinski definition) is 13. The molecule has 0 aromatic carbocycles. The number of hydrogen-bond donors (Lipinski definition) is 1. The molecule has 3 heterocycles. The lowest BCUT2D eigenvalue weighted by molar-refractivity contribution is -0.0535. The number of nitrogens with zero attached hydrogens (tertiary/aromatic N) is 4. The standard InChI is InChI=1S/C29H42N4O9/c1-37-28(35)26-7-3-5-23(30-26)19-32-9-13-39-17-18-40-14-10-33(12-16-42-25(21-34)22-41-15-11-32)20-24-6-4-8-27(31-24)29(36)38-2/h3-8,25,34H,9-22H2,1-2H3/t25-/m1/s1. The number of rotatable bonds is 7. The van der Waals surface area contributed by atoms with Crippen molar-refractivity contribution in [2.24, 2.45) is 0 Å². The molecule has 1 aliphatic heterocycles. The van der Waals surface area contributed by atoms with Gasteiger partial charge in [-0.25, -0.2) is 19.6 Å². The fourth-order valence-corrected chi connectivity index (χ4v) is 4.19. The van der Waals surface area contributed by atoms with E-state index in [1.54, 1.807) is 24.3 Å². The third-order valence-corrected chi connectivity index (χ3v) is 6.47. The molecule has 0 unspecified atom stereocenters. The molecule has 2 aromatic rings. The Balaban J connectivity index is 1.56. The van der Waals surface area contributed by atoms with Gasteiger partial charge in [0.2, 0.25) is 0 Å². The summed E-state index contributed by atoms with van der Waals surface area (Å²) in [6.07, 6.45) is -0.474. The van der Waals surface area contributed by atoms with Gasteiger partial charge in [0.1, 0.15) is 17.5 Å². The molecule has 13 heteroatoms.